The van der Waals surface area contributed by atoms with E-state index in [9.17, 15) is 14.0 Å². The van der Waals surface area contributed by atoms with E-state index in [0.29, 0.717) is 23.6 Å². The molecule has 2 amide bonds. The first-order valence-corrected chi connectivity index (χ1v) is 7.47. The van der Waals surface area contributed by atoms with E-state index < -0.39 is 0 Å². The lowest BCUT2D eigenvalue weighted by Gasteiger charge is -2.07. The molecule has 0 aromatic heterocycles. The normalized spacial score (nSPS) is 10.2. The fourth-order valence-corrected chi connectivity index (χ4v) is 2.05. The van der Waals surface area contributed by atoms with Crippen LogP contribution in [0.5, 0.6) is 0 Å². The van der Waals surface area contributed by atoms with Gasteiger partial charge in [0.05, 0.1) is 6.54 Å². The smallest absolute Gasteiger partial charge is 0.251 e. The summed E-state index contributed by atoms with van der Waals surface area (Å²) < 4.78 is 12.8. The summed E-state index contributed by atoms with van der Waals surface area (Å²) in [5.41, 5.74) is 1.37. The minimum absolute atomic E-state index is 0.106. The van der Waals surface area contributed by atoms with Gasteiger partial charge in [-0.2, -0.15) is 0 Å². The molecule has 0 unspecified atom stereocenters. The van der Waals surface area contributed by atoms with Crippen LogP contribution < -0.4 is 10.6 Å². The third kappa shape index (κ3) is 5.71. The van der Waals surface area contributed by atoms with Crippen molar-refractivity contribution in [2.75, 3.05) is 13.1 Å². The van der Waals surface area contributed by atoms with E-state index in [-0.39, 0.29) is 24.2 Å². The molecule has 2 aromatic rings. The van der Waals surface area contributed by atoms with Crippen LogP contribution in [-0.2, 0) is 11.2 Å². The van der Waals surface area contributed by atoms with Crippen molar-refractivity contribution in [3.05, 3.63) is 70.5 Å². The molecular formula is C17H16ClFN2O2. The molecule has 0 saturated carbocycles. The Kier molecular flexibility index (Phi) is 6.11. The van der Waals surface area contributed by atoms with Crippen LogP contribution in [0.3, 0.4) is 0 Å². The molecule has 0 atom stereocenters. The van der Waals surface area contributed by atoms with E-state index >= 15 is 0 Å². The molecule has 0 spiro atoms. The lowest BCUT2D eigenvalue weighted by Crippen LogP contribution is -2.37. The number of carbonyl (C=O) groups is 2. The minimum Gasteiger partial charge on any atom is -0.354 e. The molecule has 2 N–H and O–H groups in total. The Bertz CT molecular complexity index is 672. The molecule has 0 fully saturated rings. The zero-order chi connectivity index (χ0) is 16.7. The van der Waals surface area contributed by atoms with Crippen LogP contribution in [0.1, 0.15) is 15.9 Å². The second kappa shape index (κ2) is 8.29. The summed E-state index contributed by atoms with van der Waals surface area (Å²) in [4.78, 5) is 23.5. The van der Waals surface area contributed by atoms with E-state index in [1.165, 1.54) is 12.1 Å². The second-order valence-electron chi connectivity index (χ2n) is 4.92. The molecule has 0 bridgehead atoms. The highest BCUT2D eigenvalue weighted by Gasteiger charge is 2.07. The number of carbonyl (C=O) groups excluding carboxylic acids is 2. The van der Waals surface area contributed by atoms with Crippen molar-refractivity contribution < 1.29 is 14.0 Å². The molecule has 23 heavy (non-hydrogen) atoms. The number of hydrogen-bond acceptors (Lipinski definition) is 2. The monoisotopic (exact) mass is 334 g/mol. The summed E-state index contributed by atoms with van der Waals surface area (Å²) in [6, 6.07) is 12.5. The van der Waals surface area contributed by atoms with Crippen molar-refractivity contribution in [3.8, 4) is 0 Å². The summed E-state index contributed by atoms with van der Waals surface area (Å²) in [5, 5.41) is 5.77. The SMILES string of the molecule is O=C(CNC(=O)c1ccc(Cl)cc1)NCCc1ccc(F)cc1. The highest BCUT2D eigenvalue weighted by molar-refractivity contribution is 6.30. The van der Waals surface area contributed by atoms with Gasteiger partial charge in [0.1, 0.15) is 5.82 Å². The van der Waals surface area contributed by atoms with Crippen molar-refractivity contribution in [2.24, 2.45) is 0 Å². The van der Waals surface area contributed by atoms with Gasteiger partial charge in [0.2, 0.25) is 5.91 Å². The van der Waals surface area contributed by atoms with Crippen molar-refractivity contribution in [3.63, 3.8) is 0 Å². The van der Waals surface area contributed by atoms with E-state index in [1.54, 1.807) is 36.4 Å². The molecule has 0 heterocycles. The molecule has 120 valence electrons. The fourth-order valence-electron chi connectivity index (χ4n) is 1.92. The van der Waals surface area contributed by atoms with Gasteiger partial charge in [-0.1, -0.05) is 23.7 Å². The molecule has 0 radical (unpaired) electrons. The largest absolute Gasteiger partial charge is 0.354 e. The van der Waals surface area contributed by atoms with Crippen LogP contribution in [0.4, 0.5) is 4.39 Å². The van der Waals surface area contributed by atoms with E-state index in [0.717, 1.165) is 5.56 Å². The van der Waals surface area contributed by atoms with Crippen LogP contribution in [0, 0.1) is 5.82 Å². The first kappa shape index (κ1) is 17.0. The number of benzene rings is 2. The van der Waals surface area contributed by atoms with Crippen LogP contribution in [0.2, 0.25) is 5.02 Å². The topological polar surface area (TPSA) is 58.2 Å². The summed E-state index contributed by atoms with van der Waals surface area (Å²) in [6.07, 6.45) is 0.594. The number of hydrogen-bond donors (Lipinski definition) is 2. The van der Waals surface area contributed by atoms with Gasteiger partial charge in [-0.05, 0) is 48.4 Å². The van der Waals surface area contributed by atoms with Gasteiger partial charge in [-0.15, -0.1) is 0 Å². The molecule has 0 aliphatic heterocycles. The average molecular weight is 335 g/mol. The standard InChI is InChI=1S/C17H16ClFN2O2/c18-14-5-3-13(4-6-14)17(23)21-11-16(22)20-10-9-12-1-7-15(19)8-2-12/h1-8H,9-11H2,(H,20,22)(H,21,23). The highest BCUT2D eigenvalue weighted by atomic mass is 35.5. The van der Waals surface area contributed by atoms with E-state index in [1.807, 2.05) is 0 Å². The van der Waals surface area contributed by atoms with Gasteiger partial charge in [0.15, 0.2) is 0 Å². The molecular weight excluding hydrogens is 319 g/mol. The highest BCUT2D eigenvalue weighted by Crippen LogP contribution is 2.09. The quantitative estimate of drug-likeness (QED) is 0.853. The number of rotatable bonds is 6. The first-order chi connectivity index (χ1) is 11.0. The predicted molar refractivity (Wildman–Crippen MR) is 86.9 cm³/mol. The maximum absolute atomic E-state index is 12.8. The molecule has 0 saturated heterocycles. The third-order valence-electron chi connectivity index (χ3n) is 3.17. The Hall–Kier alpha value is -2.40. The molecule has 2 rings (SSSR count). The van der Waals surface area contributed by atoms with Gasteiger partial charge in [-0.25, -0.2) is 4.39 Å². The van der Waals surface area contributed by atoms with Crippen LogP contribution in [0.25, 0.3) is 0 Å². The molecule has 4 nitrogen and oxygen atoms in total. The Morgan fingerprint density at radius 3 is 2.26 bits per heavy atom. The minimum atomic E-state index is -0.338. The van der Waals surface area contributed by atoms with Crippen LogP contribution >= 0.6 is 11.6 Å². The van der Waals surface area contributed by atoms with Gasteiger partial charge >= 0.3 is 0 Å². The first-order valence-electron chi connectivity index (χ1n) is 7.09. The van der Waals surface area contributed by atoms with Gasteiger partial charge in [0.25, 0.3) is 5.91 Å². The molecule has 2 aromatic carbocycles. The fraction of sp³-hybridized carbons (Fsp3) is 0.176. The number of amides is 2. The Morgan fingerprint density at radius 1 is 0.957 bits per heavy atom. The summed E-state index contributed by atoms with van der Waals surface area (Å²) >= 11 is 5.74. The second-order valence-corrected chi connectivity index (χ2v) is 5.35. The van der Waals surface area contributed by atoms with Gasteiger partial charge in [0, 0.05) is 17.1 Å². The maximum atomic E-state index is 12.8. The zero-order valence-electron chi connectivity index (χ0n) is 12.3. The Labute approximate surface area is 138 Å². The van der Waals surface area contributed by atoms with Crippen molar-refractivity contribution in [1.82, 2.24) is 10.6 Å². The maximum Gasteiger partial charge on any atom is 0.251 e. The van der Waals surface area contributed by atoms with Crippen molar-refractivity contribution >= 4 is 23.4 Å². The number of halogens is 2. The van der Waals surface area contributed by atoms with Crippen molar-refractivity contribution in [2.45, 2.75) is 6.42 Å². The van der Waals surface area contributed by atoms with Crippen molar-refractivity contribution in [1.29, 1.82) is 0 Å². The molecule has 0 aliphatic rings. The lowest BCUT2D eigenvalue weighted by atomic mass is 10.1. The average Bonchev–Trinajstić information content (AvgIpc) is 2.55. The van der Waals surface area contributed by atoms with Gasteiger partial charge < -0.3 is 10.6 Å². The van der Waals surface area contributed by atoms with Crippen LogP contribution in [-0.4, -0.2) is 24.9 Å². The van der Waals surface area contributed by atoms with Crippen LogP contribution in [0.15, 0.2) is 48.5 Å². The summed E-state index contributed by atoms with van der Waals surface area (Å²) in [6.45, 7) is 0.312. The predicted octanol–water partition coefficient (Wildman–Crippen LogP) is 2.57. The molecule has 0 aliphatic carbocycles. The van der Waals surface area contributed by atoms with E-state index in [2.05, 4.69) is 10.6 Å². The lowest BCUT2D eigenvalue weighted by molar-refractivity contribution is -0.120. The zero-order valence-corrected chi connectivity index (χ0v) is 13.1. The van der Waals surface area contributed by atoms with E-state index in [4.69, 9.17) is 11.6 Å². The molecule has 6 heteroatoms. The number of nitrogens with one attached hydrogen (secondary N) is 2. The Morgan fingerprint density at radius 2 is 1.61 bits per heavy atom. The summed E-state index contributed by atoms with van der Waals surface area (Å²) in [5.74, 6) is -0.910. The van der Waals surface area contributed by atoms with Gasteiger partial charge in [-0.3, -0.25) is 9.59 Å². The third-order valence-corrected chi connectivity index (χ3v) is 3.42. The summed E-state index contributed by atoms with van der Waals surface area (Å²) in [7, 11) is 0. The Balaban J connectivity index is 1.69.